The third kappa shape index (κ3) is 2.67. The Morgan fingerprint density at radius 2 is 2.05 bits per heavy atom. The van der Waals surface area contributed by atoms with Crippen LogP contribution in [0, 0.1) is 0 Å². The number of rotatable bonds is 3. The lowest BCUT2D eigenvalue weighted by Gasteiger charge is -2.16. The van der Waals surface area contributed by atoms with E-state index in [9.17, 15) is 13.2 Å². The highest BCUT2D eigenvalue weighted by molar-refractivity contribution is 7.86. The molecule has 6 nitrogen and oxygen atoms in total. The highest BCUT2D eigenvalue weighted by Crippen LogP contribution is 2.39. The molecule has 2 rings (SSSR count). The highest BCUT2D eigenvalue weighted by Gasteiger charge is 2.30. The van der Waals surface area contributed by atoms with E-state index >= 15 is 0 Å². The molecule has 0 saturated carbocycles. The Balaban J connectivity index is 2.64. The predicted octanol–water partition coefficient (Wildman–Crippen LogP) is 2.74. The molecule has 0 aromatic heterocycles. The summed E-state index contributed by atoms with van der Waals surface area (Å²) in [5, 5.41) is 4.76. The maximum absolute atomic E-state index is 11.9. The van der Waals surface area contributed by atoms with Crippen LogP contribution in [0.3, 0.4) is 0 Å². The van der Waals surface area contributed by atoms with Gasteiger partial charge < -0.3 is 0 Å². The van der Waals surface area contributed by atoms with Crippen LogP contribution in [0.2, 0.25) is 10.0 Å². The van der Waals surface area contributed by atoms with Crippen LogP contribution >= 0.6 is 23.2 Å². The van der Waals surface area contributed by atoms with E-state index in [0.717, 1.165) is 11.1 Å². The van der Waals surface area contributed by atoms with E-state index in [2.05, 4.69) is 5.10 Å². The molecule has 1 aromatic rings. The molecular weight excluding hydrogens is 327 g/mol. The number of hydrogen-bond acceptors (Lipinski definition) is 4. The summed E-state index contributed by atoms with van der Waals surface area (Å²) in [5.41, 5.74) is 0.594. The van der Waals surface area contributed by atoms with Gasteiger partial charge in [0.05, 0.1) is 16.5 Å². The summed E-state index contributed by atoms with van der Waals surface area (Å²) < 4.78 is 31.5. The molecule has 9 heteroatoms. The van der Waals surface area contributed by atoms with Crippen LogP contribution in [0.5, 0.6) is 0 Å². The summed E-state index contributed by atoms with van der Waals surface area (Å²) in [5.74, 6) is -0.363. The van der Waals surface area contributed by atoms with E-state index in [1.54, 1.807) is 0 Å². The zero-order chi connectivity index (χ0) is 15.1. The normalized spacial score (nSPS) is 15.7. The van der Waals surface area contributed by atoms with Crippen molar-refractivity contribution in [2.45, 2.75) is 24.7 Å². The number of amides is 1. The monoisotopic (exact) mass is 336 g/mol. The van der Waals surface area contributed by atoms with Gasteiger partial charge >= 0.3 is 0 Å². The molecule has 1 aliphatic heterocycles. The van der Waals surface area contributed by atoms with Crippen LogP contribution in [0.25, 0.3) is 0 Å². The number of nitrogens with zero attached hydrogens (tertiary/aromatic N) is 2. The molecule has 0 saturated heterocycles. The summed E-state index contributed by atoms with van der Waals surface area (Å²) in [6.45, 7) is 1.84. The lowest BCUT2D eigenvalue weighted by atomic mass is 10.2. The van der Waals surface area contributed by atoms with Crippen molar-refractivity contribution in [3.05, 3.63) is 22.2 Å². The van der Waals surface area contributed by atoms with Crippen molar-refractivity contribution in [3.8, 4) is 0 Å². The summed E-state index contributed by atoms with van der Waals surface area (Å²) in [6, 6.07) is 2.30. The second-order valence-electron chi connectivity index (χ2n) is 4.09. The van der Waals surface area contributed by atoms with Gasteiger partial charge in [-0.3, -0.25) is 9.35 Å². The molecule has 1 N–H and O–H groups in total. The number of halogens is 2. The average molecular weight is 337 g/mol. The van der Waals surface area contributed by atoms with Crippen molar-refractivity contribution < 1.29 is 17.8 Å². The van der Waals surface area contributed by atoms with Crippen LogP contribution in [-0.4, -0.2) is 24.6 Å². The number of carbonyl (C=O) groups excluding carboxylic acids is 1. The van der Waals surface area contributed by atoms with Crippen LogP contribution in [0.4, 0.5) is 5.69 Å². The van der Waals surface area contributed by atoms with E-state index in [0.29, 0.717) is 12.1 Å². The molecule has 0 fully saturated rings. The molecule has 0 aliphatic carbocycles. The van der Waals surface area contributed by atoms with Crippen molar-refractivity contribution in [1.82, 2.24) is 0 Å². The zero-order valence-electron chi connectivity index (χ0n) is 10.3. The number of hydrogen-bond donors (Lipinski definition) is 1. The number of hydrazone groups is 1. The summed E-state index contributed by atoms with van der Waals surface area (Å²) in [6.07, 6.45) is 0.703. The van der Waals surface area contributed by atoms with Crippen molar-refractivity contribution in [1.29, 1.82) is 0 Å². The molecule has 1 aromatic carbocycles. The van der Waals surface area contributed by atoms with E-state index in [1.165, 1.54) is 6.07 Å². The Morgan fingerprint density at radius 3 is 2.55 bits per heavy atom. The first kappa shape index (κ1) is 15.2. The van der Waals surface area contributed by atoms with Gasteiger partial charge in [0.25, 0.3) is 16.0 Å². The minimum atomic E-state index is -4.52. The fourth-order valence-corrected chi connectivity index (χ4v) is 3.15. The Labute approximate surface area is 125 Å². The quantitative estimate of drug-likeness (QED) is 0.859. The van der Waals surface area contributed by atoms with Gasteiger partial charge in [0.2, 0.25) is 0 Å². The molecule has 0 unspecified atom stereocenters. The van der Waals surface area contributed by atoms with E-state index in [-0.39, 0.29) is 28.1 Å². The van der Waals surface area contributed by atoms with Gasteiger partial charge in [-0.05, 0) is 18.6 Å². The van der Waals surface area contributed by atoms with Crippen molar-refractivity contribution >= 4 is 50.6 Å². The molecular formula is C11H10Cl2N2O4S. The Morgan fingerprint density at radius 1 is 1.40 bits per heavy atom. The minimum absolute atomic E-state index is 0.0445. The third-order valence-corrected chi connectivity index (χ3v) is 4.46. The second-order valence-corrected chi connectivity index (χ2v) is 6.26. The zero-order valence-corrected chi connectivity index (χ0v) is 12.6. The van der Waals surface area contributed by atoms with Gasteiger partial charge in [-0.2, -0.15) is 18.5 Å². The lowest BCUT2D eigenvalue weighted by Crippen LogP contribution is -2.21. The molecule has 0 bridgehead atoms. The largest absolute Gasteiger partial charge is 0.296 e. The van der Waals surface area contributed by atoms with Crippen molar-refractivity contribution in [2.24, 2.45) is 5.10 Å². The van der Waals surface area contributed by atoms with Gasteiger partial charge in [0, 0.05) is 5.71 Å². The summed E-state index contributed by atoms with van der Waals surface area (Å²) >= 11 is 11.9. The summed E-state index contributed by atoms with van der Waals surface area (Å²) in [4.78, 5) is 11.4. The number of anilines is 1. The molecule has 20 heavy (non-hydrogen) atoms. The lowest BCUT2D eigenvalue weighted by molar-refractivity contribution is -0.116. The first-order valence-corrected chi connectivity index (χ1v) is 7.80. The average Bonchev–Trinajstić information content (AvgIpc) is 2.69. The van der Waals surface area contributed by atoms with Gasteiger partial charge in [0.1, 0.15) is 10.6 Å². The Hall–Kier alpha value is -1.15. The maximum Gasteiger partial charge on any atom is 0.296 e. The SMILES string of the molecule is CCC1=NN(c2c(Cl)ccc(S(=O)(=O)O)c2Cl)C(=O)C1. The fourth-order valence-electron chi connectivity index (χ4n) is 1.77. The van der Waals surface area contributed by atoms with E-state index in [1.807, 2.05) is 6.92 Å². The first-order chi connectivity index (χ1) is 9.25. The smallest absolute Gasteiger partial charge is 0.282 e. The number of carbonyl (C=O) groups is 1. The molecule has 1 heterocycles. The third-order valence-electron chi connectivity index (χ3n) is 2.76. The molecule has 108 valence electrons. The van der Waals surface area contributed by atoms with Gasteiger partial charge in [-0.1, -0.05) is 30.1 Å². The van der Waals surface area contributed by atoms with Gasteiger partial charge in [-0.25, -0.2) is 0 Å². The Kier molecular flexibility index (Phi) is 4.06. The van der Waals surface area contributed by atoms with Crippen molar-refractivity contribution in [2.75, 3.05) is 5.01 Å². The predicted molar refractivity (Wildman–Crippen MR) is 76.1 cm³/mol. The highest BCUT2D eigenvalue weighted by atomic mass is 35.5. The molecule has 0 spiro atoms. The van der Waals surface area contributed by atoms with Gasteiger partial charge in [-0.15, -0.1) is 0 Å². The van der Waals surface area contributed by atoms with Gasteiger partial charge in [0.15, 0.2) is 0 Å². The van der Waals surface area contributed by atoms with Crippen molar-refractivity contribution in [3.63, 3.8) is 0 Å². The fraction of sp³-hybridized carbons (Fsp3) is 0.273. The minimum Gasteiger partial charge on any atom is -0.282 e. The topological polar surface area (TPSA) is 87.0 Å². The van der Waals surface area contributed by atoms with Crippen LogP contribution in [0.15, 0.2) is 22.1 Å². The summed E-state index contributed by atoms with van der Waals surface area (Å²) in [7, 11) is -4.52. The van der Waals surface area contributed by atoms with E-state index < -0.39 is 15.0 Å². The molecule has 1 aliphatic rings. The van der Waals surface area contributed by atoms with Crippen LogP contribution in [-0.2, 0) is 14.9 Å². The standard InChI is InChI=1S/C11H10Cl2N2O4S/c1-2-6-5-9(16)15(14-6)11-7(12)3-4-8(10(11)13)20(17,18)19/h3-4H,2,5H2,1H3,(H,17,18,19). The second kappa shape index (κ2) is 5.33. The van der Waals surface area contributed by atoms with E-state index in [4.69, 9.17) is 27.8 Å². The number of benzene rings is 1. The van der Waals surface area contributed by atoms with Crippen LogP contribution < -0.4 is 5.01 Å². The first-order valence-electron chi connectivity index (χ1n) is 5.60. The molecule has 0 radical (unpaired) electrons. The maximum atomic E-state index is 11.9. The molecule has 0 atom stereocenters. The Bertz CT molecular complexity index is 715. The van der Waals surface area contributed by atoms with Crippen LogP contribution in [0.1, 0.15) is 19.8 Å². The molecule has 1 amide bonds.